The highest BCUT2D eigenvalue weighted by atomic mass is 35.5. The number of ether oxygens (including phenoxy) is 2. The van der Waals surface area contributed by atoms with E-state index in [4.69, 9.17) is 21.1 Å². The summed E-state index contributed by atoms with van der Waals surface area (Å²) in [5.74, 6) is 1.66. The third kappa shape index (κ3) is 5.78. The summed E-state index contributed by atoms with van der Waals surface area (Å²) >= 11 is 5.96. The van der Waals surface area contributed by atoms with Crippen LogP contribution in [0.2, 0.25) is 5.02 Å². The summed E-state index contributed by atoms with van der Waals surface area (Å²) < 4.78 is 10.7. The van der Waals surface area contributed by atoms with Crippen molar-refractivity contribution in [1.29, 1.82) is 0 Å². The summed E-state index contributed by atoms with van der Waals surface area (Å²) in [4.78, 5) is 13.9. The van der Waals surface area contributed by atoms with Gasteiger partial charge in [0.25, 0.3) is 0 Å². The van der Waals surface area contributed by atoms with Gasteiger partial charge in [0.2, 0.25) is 5.91 Å². The summed E-state index contributed by atoms with van der Waals surface area (Å²) in [5.41, 5.74) is 1.02. The third-order valence-corrected chi connectivity index (χ3v) is 3.83. The Morgan fingerprint density at radius 2 is 1.83 bits per heavy atom. The van der Waals surface area contributed by atoms with Crippen LogP contribution in [0.1, 0.15) is 18.4 Å². The molecular weight excluding hydrogens is 326 g/mol. The van der Waals surface area contributed by atoms with Gasteiger partial charge in [0.1, 0.15) is 11.5 Å². The zero-order valence-electron chi connectivity index (χ0n) is 14.0. The minimum absolute atomic E-state index is 0.0910. The Balaban J connectivity index is 1.70. The van der Waals surface area contributed by atoms with E-state index in [1.807, 2.05) is 48.5 Å². The second-order valence-corrected chi connectivity index (χ2v) is 5.94. The van der Waals surface area contributed by atoms with E-state index >= 15 is 0 Å². The van der Waals surface area contributed by atoms with Crippen LogP contribution in [-0.2, 0) is 11.3 Å². The molecule has 5 heteroatoms. The predicted molar refractivity (Wildman–Crippen MR) is 95.6 cm³/mol. The average Bonchev–Trinajstić information content (AvgIpc) is 2.59. The highest BCUT2D eigenvalue weighted by Crippen LogP contribution is 2.17. The molecule has 0 radical (unpaired) electrons. The molecule has 2 aromatic rings. The first-order chi connectivity index (χ1) is 11.6. The molecule has 0 aromatic heterocycles. The zero-order valence-corrected chi connectivity index (χ0v) is 14.8. The minimum Gasteiger partial charge on any atom is -0.497 e. The van der Waals surface area contributed by atoms with Crippen molar-refractivity contribution in [2.24, 2.45) is 0 Å². The Hall–Kier alpha value is -2.20. The number of hydrogen-bond acceptors (Lipinski definition) is 3. The van der Waals surface area contributed by atoms with Gasteiger partial charge in [-0.25, -0.2) is 0 Å². The molecule has 2 rings (SSSR count). The molecular formula is C19H22ClNO3. The lowest BCUT2D eigenvalue weighted by molar-refractivity contribution is -0.130. The van der Waals surface area contributed by atoms with Crippen LogP contribution in [0.3, 0.4) is 0 Å². The minimum atomic E-state index is 0.0910. The number of carbonyl (C=O) groups excluding carboxylic acids is 1. The standard InChI is InChI=1S/C19H22ClNO3/c1-21(14-15-5-3-6-16(20)13-15)19(22)7-4-12-24-18-10-8-17(23-2)9-11-18/h3,5-6,8-11,13H,4,7,12,14H2,1-2H3. The Bertz CT molecular complexity index is 658. The first-order valence-corrected chi connectivity index (χ1v) is 8.21. The van der Waals surface area contributed by atoms with E-state index in [1.54, 1.807) is 19.1 Å². The van der Waals surface area contributed by atoms with E-state index in [0.29, 0.717) is 31.0 Å². The van der Waals surface area contributed by atoms with Crippen molar-refractivity contribution in [3.8, 4) is 11.5 Å². The van der Waals surface area contributed by atoms with Gasteiger partial charge in [0, 0.05) is 25.0 Å². The molecule has 4 nitrogen and oxygen atoms in total. The van der Waals surface area contributed by atoms with Crippen LogP contribution in [-0.4, -0.2) is 31.6 Å². The van der Waals surface area contributed by atoms with Gasteiger partial charge < -0.3 is 14.4 Å². The number of rotatable bonds is 8. The van der Waals surface area contributed by atoms with Gasteiger partial charge >= 0.3 is 0 Å². The number of benzene rings is 2. The van der Waals surface area contributed by atoms with E-state index in [2.05, 4.69) is 0 Å². The van der Waals surface area contributed by atoms with Crippen LogP contribution >= 0.6 is 11.6 Å². The monoisotopic (exact) mass is 347 g/mol. The highest BCUT2D eigenvalue weighted by molar-refractivity contribution is 6.30. The lowest BCUT2D eigenvalue weighted by Gasteiger charge is -2.17. The topological polar surface area (TPSA) is 38.8 Å². The van der Waals surface area contributed by atoms with E-state index in [1.165, 1.54) is 0 Å². The van der Waals surface area contributed by atoms with Crippen molar-refractivity contribution in [3.05, 3.63) is 59.1 Å². The van der Waals surface area contributed by atoms with Crippen LogP contribution in [0.25, 0.3) is 0 Å². The molecule has 0 bridgehead atoms. The summed E-state index contributed by atoms with van der Waals surface area (Å²) in [6.07, 6.45) is 1.12. The highest BCUT2D eigenvalue weighted by Gasteiger charge is 2.09. The molecule has 0 N–H and O–H groups in total. The van der Waals surface area contributed by atoms with Crippen molar-refractivity contribution in [2.45, 2.75) is 19.4 Å². The van der Waals surface area contributed by atoms with Crippen molar-refractivity contribution < 1.29 is 14.3 Å². The number of amides is 1. The molecule has 1 amide bonds. The van der Waals surface area contributed by atoms with Crippen molar-refractivity contribution in [2.75, 3.05) is 20.8 Å². The van der Waals surface area contributed by atoms with Gasteiger partial charge in [0.05, 0.1) is 13.7 Å². The smallest absolute Gasteiger partial charge is 0.222 e. The largest absolute Gasteiger partial charge is 0.497 e. The summed E-state index contributed by atoms with van der Waals surface area (Å²) in [7, 11) is 3.43. The molecule has 128 valence electrons. The van der Waals surface area contributed by atoms with Crippen LogP contribution in [0.4, 0.5) is 0 Å². The van der Waals surface area contributed by atoms with Crippen molar-refractivity contribution in [1.82, 2.24) is 4.90 Å². The average molecular weight is 348 g/mol. The molecule has 0 unspecified atom stereocenters. The molecule has 2 aromatic carbocycles. The number of hydrogen-bond donors (Lipinski definition) is 0. The molecule has 0 saturated heterocycles. The summed E-state index contributed by atoms with van der Waals surface area (Å²) in [5, 5.41) is 0.682. The van der Waals surface area contributed by atoms with Crippen LogP contribution in [0.15, 0.2) is 48.5 Å². The van der Waals surface area contributed by atoms with Gasteiger partial charge in [0.15, 0.2) is 0 Å². The molecule has 0 spiro atoms. The van der Waals surface area contributed by atoms with Gasteiger partial charge in [-0.1, -0.05) is 23.7 Å². The number of halogens is 1. The first-order valence-electron chi connectivity index (χ1n) is 7.84. The molecule has 0 heterocycles. The fourth-order valence-corrected chi connectivity index (χ4v) is 2.49. The molecule has 0 aliphatic rings. The van der Waals surface area contributed by atoms with E-state index < -0.39 is 0 Å². The van der Waals surface area contributed by atoms with Crippen LogP contribution < -0.4 is 9.47 Å². The van der Waals surface area contributed by atoms with E-state index in [-0.39, 0.29) is 5.91 Å². The van der Waals surface area contributed by atoms with Gasteiger partial charge in [-0.05, 0) is 48.4 Å². The molecule has 0 fully saturated rings. The van der Waals surface area contributed by atoms with Crippen LogP contribution in [0.5, 0.6) is 11.5 Å². The second kappa shape index (κ2) is 9.18. The Morgan fingerprint density at radius 3 is 2.50 bits per heavy atom. The molecule has 0 aliphatic heterocycles. The third-order valence-electron chi connectivity index (χ3n) is 3.60. The molecule has 0 atom stereocenters. The van der Waals surface area contributed by atoms with Gasteiger partial charge in [-0.2, -0.15) is 0 Å². The molecule has 24 heavy (non-hydrogen) atoms. The van der Waals surface area contributed by atoms with E-state index in [0.717, 1.165) is 17.1 Å². The SMILES string of the molecule is COc1ccc(OCCCC(=O)N(C)Cc2cccc(Cl)c2)cc1. The Kier molecular flexibility index (Phi) is 6.94. The predicted octanol–water partition coefficient (Wildman–Crippen LogP) is 4.17. The lowest BCUT2D eigenvalue weighted by Crippen LogP contribution is -2.26. The maximum absolute atomic E-state index is 12.1. The Morgan fingerprint density at radius 1 is 1.12 bits per heavy atom. The second-order valence-electron chi connectivity index (χ2n) is 5.51. The first kappa shape index (κ1) is 18.1. The number of methoxy groups -OCH3 is 1. The van der Waals surface area contributed by atoms with Crippen molar-refractivity contribution >= 4 is 17.5 Å². The van der Waals surface area contributed by atoms with Crippen LogP contribution in [0, 0.1) is 0 Å². The molecule has 0 saturated carbocycles. The van der Waals surface area contributed by atoms with E-state index in [9.17, 15) is 4.79 Å². The number of nitrogens with zero attached hydrogens (tertiary/aromatic N) is 1. The zero-order chi connectivity index (χ0) is 17.4. The van der Waals surface area contributed by atoms with Crippen molar-refractivity contribution in [3.63, 3.8) is 0 Å². The fourth-order valence-electron chi connectivity index (χ4n) is 2.27. The summed E-state index contributed by atoms with van der Waals surface area (Å²) in [6.45, 7) is 1.06. The summed E-state index contributed by atoms with van der Waals surface area (Å²) in [6, 6.07) is 14.9. The lowest BCUT2D eigenvalue weighted by atomic mass is 10.2. The van der Waals surface area contributed by atoms with Gasteiger partial charge in [-0.15, -0.1) is 0 Å². The number of carbonyl (C=O) groups is 1. The quantitative estimate of drug-likeness (QED) is 0.673. The maximum atomic E-state index is 12.1. The van der Waals surface area contributed by atoms with Gasteiger partial charge in [-0.3, -0.25) is 4.79 Å². The Labute approximate surface area is 147 Å². The fraction of sp³-hybridized carbons (Fsp3) is 0.316. The molecule has 0 aliphatic carbocycles. The maximum Gasteiger partial charge on any atom is 0.222 e. The normalized spacial score (nSPS) is 10.3.